The minimum absolute atomic E-state index is 0.378. The van der Waals surface area contributed by atoms with Crippen LogP contribution in [0.15, 0.2) is 24.8 Å². The second-order valence-electron chi connectivity index (χ2n) is 3.36. The lowest BCUT2D eigenvalue weighted by Gasteiger charge is -2.11. The monoisotopic (exact) mass is 219 g/mol. The molecule has 6 heteroatoms. The van der Waals surface area contributed by atoms with Crippen molar-refractivity contribution in [3.05, 3.63) is 36.3 Å². The van der Waals surface area contributed by atoms with Gasteiger partial charge in [0.1, 0.15) is 18.2 Å². The molecular weight excluding hydrogens is 206 g/mol. The van der Waals surface area contributed by atoms with Gasteiger partial charge in [0.05, 0.1) is 12.8 Å². The van der Waals surface area contributed by atoms with E-state index < -0.39 is 0 Å². The molecule has 0 aromatic carbocycles. The van der Waals surface area contributed by atoms with Gasteiger partial charge < -0.3 is 15.0 Å². The van der Waals surface area contributed by atoms with Crippen molar-refractivity contribution in [1.82, 2.24) is 19.5 Å². The van der Waals surface area contributed by atoms with Crippen LogP contribution in [-0.2, 0) is 7.05 Å². The number of nitrogens with two attached hydrogens (primary N) is 1. The Hall–Kier alpha value is -1.95. The number of hydrogen-bond donors (Lipinski definition) is 1. The maximum atomic E-state index is 6.06. The fourth-order valence-electron chi connectivity index (χ4n) is 1.44. The fraction of sp³-hybridized carbons (Fsp3) is 0.300. The van der Waals surface area contributed by atoms with Gasteiger partial charge in [0.25, 0.3) is 0 Å². The van der Waals surface area contributed by atoms with Crippen LogP contribution in [0.1, 0.15) is 17.6 Å². The summed E-state index contributed by atoms with van der Waals surface area (Å²) in [5.74, 6) is 1.25. The maximum Gasteiger partial charge on any atom is 0.216 e. The summed E-state index contributed by atoms with van der Waals surface area (Å²) in [6.07, 6.45) is 4.97. The summed E-state index contributed by atoms with van der Waals surface area (Å²) in [5.41, 5.74) is 6.74. The van der Waals surface area contributed by atoms with Crippen LogP contribution in [0, 0.1) is 0 Å². The van der Waals surface area contributed by atoms with E-state index in [1.165, 1.54) is 6.33 Å². The van der Waals surface area contributed by atoms with Crippen molar-refractivity contribution in [3.8, 4) is 5.88 Å². The van der Waals surface area contributed by atoms with Crippen LogP contribution in [0.5, 0.6) is 5.88 Å². The zero-order chi connectivity index (χ0) is 11.5. The van der Waals surface area contributed by atoms with Crippen molar-refractivity contribution in [1.29, 1.82) is 0 Å². The van der Waals surface area contributed by atoms with Crippen LogP contribution in [0.4, 0.5) is 0 Å². The number of ether oxygens (including phenoxy) is 1. The highest BCUT2D eigenvalue weighted by atomic mass is 16.5. The Morgan fingerprint density at radius 2 is 2.19 bits per heavy atom. The zero-order valence-corrected chi connectivity index (χ0v) is 9.16. The minimum Gasteiger partial charge on any atom is -0.481 e. The first-order chi connectivity index (χ1) is 7.72. The fourth-order valence-corrected chi connectivity index (χ4v) is 1.44. The molecule has 1 unspecified atom stereocenters. The summed E-state index contributed by atoms with van der Waals surface area (Å²) in [4.78, 5) is 12.2. The molecule has 0 amide bonds. The molecular formula is C10H13N5O. The second-order valence-corrected chi connectivity index (χ2v) is 3.36. The van der Waals surface area contributed by atoms with Crippen LogP contribution in [0.2, 0.25) is 0 Å². The first kappa shape index (κ1) is 10.6. The molecule has 2 N–H and O–H groups in total. The number of aryl methyl sites for hydroxylation is 1. The minimum atomic E-state index is -0.378. The highest BCUT2D eigenvalue weighted by molar-refractivity contribution is 5.21. The third-order valence-corrected chi connectivity index (χ3v) is 2.33. The Bertz CT molecular complexity index is 482. The van der Waals surface area contributed by atoms with Crippen molar-refractivity contribution < 1.29 is 4.74 Å². The van der Waals surface area contributed by atoms with E-state index in [2.05, 4.69) is 15.0 Å². The van der Waals surface area contributed by atoms with Gasteiger partial charge in [-0.05, 0) is 0 Å². The van der Waals surface area contributed by atoms with E-state index in [-0.39, 0.29) is 6.04 Å². The molecule has 16 heavy (non-hydrogen) atoms. The molecule has 0 bridgehead atoms. The number of methoxy groups -OCH3 is 1. The number of nitrogens with zero attached hydrogens (tertiary/aromatic N) is 4. The molecule has 2 aromatic heterocycles. The number of imidazole rings is 1. The third kappa shape index (κ3) is 1.87. The SMILES string of the molecule is COc1cc(C(N)c2nccn2C)ncn1. The van der Waals surface area contributed by atoms with Crippen molar-refractivity contribution >= 4 is 0 Å². The van der Waals surface area contributed by atoms with Crippen molar-refractivity contribution in [3.63, 3.8) is 0 Å². The summed E-state index contributed by atoms with van der Waals surface area (Å²) >= 11 is 0. The molecule has 0 fully saturated rings. The first-order valence-corrected chi connectivity index (χ1v) is 4.81. The van der Waals surface area contributed by atoms with Crippen LogP contribution in [0.3, 0.4) is 0 Å². The molecule has 0 radical (unpaired) electrons. The Kier molecular flexibility index (Phi) is 2.82. The lowest BCUT2D eigenvalue weighted by Crippen LogP contribution is -2.18. The third-order valence-electron chi connectivity index (χ3n) is 2.33. The van der Waals surface area contributed by atoms with E-state index in [9.17, 15) is 0 Å². The van der Waals surface area contributed by atoms with Crippen molar-refractivity contribution in [2.24, 2.45) is 12.8 Å². The summed E-state index contributed by atoms with van der Waals surface area (Å²) in [7, 11) is 3.44. The maximum absolute atomic E-state index is 6.06. The Morgan fingerprint density at radius 3 is 2.81 bits per heavy atom. The molecule has 0 saturated carbocycles. The first-order valence-electron chi connectivity index (χ1n) is 4.81. The molecule has 0 aliphatic heterocycles. The lowest BCUT2D eigenvalue weighted by atomic mass is 10.2. The van der Waals surface area contributed by atoms with Gasteiger partial charge in [-0.15, -0.1) is 0 Å². The molecule has 2 heterocycles. The largest absolute Gasteiger partial charge is 0.481 e. The normalized spacial score (nSPS) is 12.4. The Balaban J connectivity index is 2.33. The second kappa shape index (κ2) is 4.28. The quantitative estimate of drug-likeness (QED) is 0.801. The van der Waals surface area contributed by atoms with Crippen LogP contribution in [0.25, 0.3) is 0 Å². The Labute approximate surface area is 93.1 Å². The Morgan fingerprint density at radius 1 is 1.38 bits per heavy atom. The average Bonchev–Trinajstić information content (AvgIpc) is 2.74. The molecule has 0 aliphatic carbocycles. The van der Waals surface area contributed by atoms with Gasteiger partial charge in [0.15, 0.2) is 0 Å². The van der Waals surface area contributed by atoms with Gasteiger partial charge in [-0.25, -0.2) is 15.0 Å². The van der Waals surface area contributed by atoms with E-state index in [0.717, 1.165) is 5.82 Å². The van der Waals surface area contributed by atoms with Gasteiger partial charge in [-0.1, -0.05) is 0 Å². The number of hydrogen-bond acceptors (Lipinski definition) is 5. The van der Waals surface area contributed by atoms with Crippen molar-refractivity contribution in [2.45, 2.75) is 6.04 Å². The topological polar surface area (TPSA) is 78.9 Å². The van der Waals surface area contributed by atoms with E-state index in [0.29, 0.717) is 11.6 Å². The van der Waals surface area contributed by atoms with E-state index in [1.807, 2.05) is 17.8 Å². The van der Waals surface area contributed by atoms with E-state index >= 15 is 0 Å². The summed E-state index contributed by atoms with van der Waals surface area (Å²) in [6.45, 7) is 0. The van der Waals surface area contributed by atoms with Crippen LogP contribution >= 0.6 is 0 Å². The standard InChI is InChI=1S/C10H13N5O/c1-15-4-3-12-10(15)9(11)7-5-8(16-2)14-6-13-7/h3-6,9H,11H2,1-2H3. The molecule has 2 aromatic rings. The van der Waals surface area contributed by atoms with E-state index in [1.54, 1.807) is 19.4 Å². The summed E-state index contributed by atoms with van der Waals surface area (Å²) in [5, 5.41) is 0. The smallest absolute Gasteiger partial charge is 0.216 e. The molecule has 1 atom stereocenters. The lowest BCUT2D eigenvalue weighted by molar-refractivity contribution is 0.395. The molecule has 6 nitrogen and oxygen atoms in total. The van der Waals surface area contributed by atoms with Crippen LogP contribution in [-0.4, -0.2) is 26.6 Å². The molecule has 2 rings (SSSR count). The number of aromatic nitrogens is 4. The predicted molar refractivity (Wildman–Crippen MR) is 57.8 cm³/mol. The van der Waals surface area contributed by atoms with Gasteiger partial charge >= 0.3 is 0 Å². The number of rotatable bonds is 3. The summed E-state index contributed by atoms with van der Waals surface area (Å²) in [6, 6.07) is 1.33. The van der Waals surface area contributed by atoms with Gasteiger partial charge in [-0.2, -0.15) is 0 Å². The van der Waals surface area contributed by atoms with Gasteiger partial charge in [0, 0.05) is 25.5 Å². The molecule has 0 spiro atoms. The summed E-state index contributed by atoms with van der Waals surface area (Å²) < 4.78 is 6.88. The predicted octanol–water partition coefficient (Wildman–Crippen LogP) is 0.267. The van der Waals surface area contributed by atoms with Crippen molar-refractivity contribution in [2.75, 3.05) is 7.11 Å². The zero-order valence-electron chi connectivity index (χ0n) is 9.16. The highest BCUT2D eigenvalue weighted by Gasteiger charge is 2.15. The molecule has 0 saturated heterocycles. The molecule has 0 aliphatic rings. The highest BCUT2D eigenvalue weighted by Crippen LogP contribution is 2.17. The molecule has 84 valence electrons. The van der Waals surface area contributed by atoms with Gasteiger partial charge in [0.2, 0.25) is 5.88 Å². The van der Waals surface area contributed by atoms with Crippen LogP contribution < -0.4 is 10.5 Å². The van der Waals surface area contributed by atoms with E-state index in [4.69, 9.17) is 10.5 Å². The average molecular weight is 219 g/mol. The van der Waals surface area contributed by atoms with Gasteiger partial charge in [-0.3, -0.25) is 0 Å².